The Morgan fingerprint density at radius 2 is 1.64 bits per heavy atom. The minimum atomic E-state index is -1.21. The summed E-state index contributed by atoms with van der Waals surface area (Å²) in [5.74, 6) is -0.871. The van der Waals surface area contributed by atoms with Gasteiger partial charge in [0.1, 0.15) is 0 Å². The van der Waals surface area contributed by atoms with Crippen LogP contribution in [0, 0.1) is 5.41 Å². The van der Waals surface area contributed by atoms with E-state index in [1.165, 1.54) is 44.8 Å². The zero-order valence-corrected chi connectivity index (χ0v) is 19.3. The standard InChI is InChI=1S/C22H37O5P/c1-7-8-13-28(5,6)15-20-11-9-19(10-12-20)14-26-21(24)22(3,16-25-4)17-27-18(2)23/h9-12,28H,7-8,13-17H2,1-6H3. The van der Waals surface area contributed by atoms with Crippen LogP contribution < -0.4 is 0 Å². The first-order valence-corrected chi connectivity index (χ1v) is 13.4. The Balaban J connectivity index is 2.63. The number of hydrogen-bond acceptors (Lipinski definition) is 5. The van der Waals surface area contributed by atoms with E-state index in [1.807, 2.05) is 12.1 Å². The van der Waals surface area contributed by atoms with Gasteiger partial charge in [0.15, 0.2) is 0 Å². The van der Waals surface area contributed by atoms with Gasteiger partial charge in [0.2, 0.25) is 0 Å². The van der Waals surface area contributed by atoms with Crippen LogP contribution in [0.25, 0.3) is 0 Å². The molecule has 1 atom stereocenters. The monoisotopic (exact) mass is 412 g/mol. The third kappa shape index (κ3) is 8.70. The second-order valence-corrected chi connectivity index (χ2v) is 13.8. The summed E-state index contributed by atoms with van der Waals surface area (Å²) in [5.41, 5.74) is 1.27. The van der Waals surface area contributed by atoms with Crippen LogP contribution >= 0.6 is 7.26 Å². The predicted molar refractivity (Wildman–Crippen MR) is 116 cm³/mol. The molecule has 28 heavy (non-hydrogen) atoms. The zero-order valence-electron chi connectivity index (χ0n) is 18.3. The molecule has 1 unspecified atom stereocenters. The van der Waals surface area contributed by atoms with Crippen LogP contribution in [-0.2, 0) is 36.6 Å². The normalized spacial score (nSPS) is 14.2. The summed E-state index contributed by atoms with van der Waals surface area (Å²) >= 11 is 0. The summed E-state index contributed by atoms with van der Waals surface area (Å²) in [7, 11) is 0.291. The van der Waals surface area contributed by atoms with E-state index in [2.05, 4.69) is 32.4 Å². The molecule has 0 fully saturated rings. The fourth-order valence-corrected chi connectivity index (χ4v) is 5.94. The molecule has 5 nitrogen and oxygen atoms in total. The van der Waals surface area contributed by atoms with Crippen molar-refractivity contribution >= 4 is 19.2 Å². The molecule has 0 N–H and O–H groups in total. The molecular formula is C22H37O5P. The van der Waals surface area contributed by atoms with Crippen LogP contribution in [-0.4, -0.2) is 51.8 Å². The minimum absolute atomic E-state index is 0.0641. The van der Waals surface area contributed by atoms with E-state index < -0.39 is 24.6 Å². The van der Waals surface area contributed by atoms with Crippen molar-refractivity contribution in [2.75, 3.05) is 39.8 Å². The molecule has 0 aliphatic carbocycles. The molecule has 0 aliphatic rings. The van der Waals surface area contributed by atoms with Crippen molar-refractivity contribution in [3.63, 3.8) is 0 Å². The molecule has 0 aromatic heterocycles. The Labute approximate surface area is 170 Å². The maximum atomic E-state index is 12.5. The summed E-state index contributed by atoms with van der Waals surface area (Å²) in [6.45, 7) is 10.4. The first kappa shape index (κ1) is 24.6. The molecule has 0 heterocycles. The molecule has 0 spiro atoms. The zero-order chi connectivity index (χ0) is 21.2. The fraction of sp³-hybridized carbons (Fsp3) is 0.636. The third-order valence-electron chi connectivity index (χ3n) is 4.83. The molecule has 160 valence electrons. The van der Waals surface area contributed by atoms with Crippen LogP contribution in [0.5, 0.6) is 0 Å². The molecule has 0 saturated carbocycles. The van der Waals surface area contributed by atoms with Crippen molar-refractivity contribution in [1.82, 2.24) is 0 Å². The number of ether oxygens (including phenoxy) is 3. The maximum absolute atomic E-state index is 12.5. The van der Waals surface area contributed by atoms with Crippen molar-refractivity contribution in [2.24, 2.45) is 5.41 Å². The van der Waals surface area contributed by atoms with Gasteiger partial charge in [-0.1, -0.05) is 0 Å². The van der Waals surface area contributed by atoms with Crippen molar-refractivity contribution < 1.29 is 23.8 Å². The fourth-order valence-electron chi connectivity index (χ4n) is 3.11. The van der Waals surface area contributed by atoms with E-state index in [9.17, 15) is 9.59 Å². The first-order chi connectivity index (χ1) is 13.1. The SMILES string of the molecule is CCCC[PH](C)(C)Cc1ccc(COC(=O)C(C)(COC)COC(C)=O)cc1. The van der Waals surface area contributed by atoms with Gasteiger partial charge >= 0.3 is 158 Å². The Bertz CT molecular complexity index is 626. The van der Waals surface area contributed by atoms with Gasteiger partial charge in [0.05, 0.1) is 0 Å². The molecule has 1 aromatic rings. The Morgan fingerprint density at radius 1 is 1.04 bits per heavy atom. The molecule has 0 saturated heterocycles. The van der Waals surface area contributed by atoms with Gasteiger partial charge in [-0.05, 0) is 0 Å². The van der Waals surface area contributed by atoms with E-state index in [0.717, 1.165) is 5.56 Å². The van der Waals surface area contributed by atoms with Crippen molar-refractivity contribution in [2.45, 2.75) is 46.4 Å². The molecule has 0 aliphatic heterocycles. The number of esters is 2. The number of hydrogen-bond donors (Lipinski definition) is 0. The van der Waals surface area contributed by atoms with E-state index in [1.54, 1.807) is 6.92 Å². The van der Waals surface area contributed by atoms with Crippen molar-refractivity contribution in [1.29, 1.82) is 0 Å². The van der Waals surface area contributed by atoms with Crippen LogP contribution in [0.15, 0.2) is 24.3 Å². The van der Waals surface area contributed by atoms with E-state index >= 15 is 0 Å². The Kier molecular flexibility index (Phi) is 10.1. The summed E-state index contributed by atoms with van der Waals surface area (Å²) in [6.07, 6.45) is 5.08. The average Bonchev–Trinajstić information content (AvgIpc) is 2.64. The quantitative estimate of drug-likeness (QED) is 0.379. The molecule has 1 rings (SSSR count). The van der Waals surface area contributed by atoms with Crippen LogP contribution in [0.4, 0.5) is 0 Å². The molecule has 6 heteroatoms. The Morgan fingerprint density at radius 3 is 2.18 bits per heavy atom. The van der Waals surface area contributed by atoms with Gasteiger partial charge in [-0.3, -0.25) is 4.79 Å². The predicted octanol–water partition coefficient (Wildman–Crippen LogP) is 4.26. The summed E-state index contributed by atoms with van der Waals surface area (Å²) in [6, 6.07) is 8.31. The first-order valence-electron chi connectivity index (χ1n) is 9.99. The summed E-state index contributed by atoms with van der Waals surface area (Å²) < 4.78 is 15.6. The van der Waals surface area contributed by atoms with Crippen molar-refractivity contribution in [3.8, 4) is 0 Å². The number of unbranched alkanes of at least 4 members (excludes halogenated alkanes) is 1. The van der Waals surface area contributed by atoms with Gasteiger partial charge in [-0.25, -0.2) is 0 Å². The Hall–Kier alpha value is -1.45. The molecule has 0 radical (unpaired) electrons. The van der Waals surface area contributed by atoms with Gasteiger partial charge < -0.3 is 0 Å². The second-order valence-electron chi connectivity index (χ2n) is 8.61. The van der Waals surface area contributed by atoms with E-state index in [0.29, 0.717) is 0 Å². The number of benzene rings is 1. The average molecular weight is 413 g/mol. The number of methoxy groups -OCH3 is 1. The van der Waals surface area contributed by atoms with Gasteiger partial charge in [-0.15, -0.1) is 0 Å². The summed E-state index contributed by atoms with van der Waals surface area (Å²) in [4.78, 5) is 23.6. The van der Waals surface area contributed by atoms with E-state index in [-0.39, 0.29) is 19.8 Å². The topological polar surface area (TPSA) is 61.8 Å². The number of rotatable bonds is 12. The van der Waals surface area contributed by atoms with Crippen molar-refractivity contribution in [3.05, 3.63) is 35.4 Å². The molecule has 0 amide bonds. The number of carbonyl (C=O) groups excluding carboxylic acids is 2. The van der Waals surface area contributed by atoms with Crippen LogP contribution in [0.1, 0.15) is 44.7 Å². The summed E-state index contributed by atoms with van der Waals surface area (Å²) in [5, 5.41) is 0. The molecule has 0 bridgehead atoms. The second kappa shape index (κ2) is 11.5. The molecule has 1 aromatic carbocycles. The number of carbonyl (C=O) groups is 2. The van der Waals surface area contributed by atoms with Crippen LogP contribution in [0.3, 0.4) is 0 Å². The van der Waals surface area contributed by atoms with Gasteiger partial charge in [0, 0.05) is 6.92 Å². The van der Waals surface area contributed by atoms with Gasteiger partial charge in [-0.2, -0.15) is 0 Å². The van der Waals surface area contributed by atoms with E-state index in [4.69, 9.17) is 14.2 Å². The molecular weight excluding hydrogens is 375 g/mol. The van der Waals surface area contributed by atoms with Gasteiger partial charge in [0.25, 0.3) is 0 Å². The third-order valence-corrected chi connectivity index (χ3v) is 7.90. The van der Waals surface area contributed by atoms with Crippen LogP contribution in [0.2, 0.25) is 0 Å².